The van der Waals surface area contributed by atoms with Crippen LogP contribution < -0.4 is 4.74 Å². The Labute approximate surface area is 139 Å². The molecular weight excluding hydrogens is 344 g/mol. The number of rotatable bonds is 8. The fraction of sp³-hybridized carbons (Fsp3) is 0.444. The van der Waals surface area contributed by atoms with Gasteiger partial charge in [0.2, 0.25) is 0 Å². The number of fused-ring (bicyclic) bond motifs is 1. The second-order valence-electron chi connectivity index (χ2n) is 5.67. The van der Waals surface area contributed by atoms with E-state index in [2.05, 4.69) is 34.1 Å². The molecule has 0 atom stereocenters. The normalized spacial score (nSPS) is 12.8. The number of halogens is 1. The summed E-state index contributed by atoms with van der Waals surface area (Å²) in [7, 11) is 0. The molecule has 0 unspecified atom stereocenters. The van der Waals surface area contributed by atoms with E-state index in [0.717, 1.165) is 22.6 Å². The van der Waals surface area contributed by atoms with Crippen molar-refractivity contribution < 1.29 is 4.74 Å². The van der Waals surface area contributed by atoms with Crippen molar-refractivity contribution in [3.05, 3.63) is 50.1 Å². The molecule has 0 radical (unpaired) electrons. The smallest absolute Gasteiger partial charge is 0.144 e. The topological polar surface area (TPSA) is 9.23 Å². The third kappa shape index (κ3) is 4.10. The van der Waals surface area contributed by atoms with Crippen molar-refractivity contribution in [3.63, 3.8) is 0 Å². The molecule has 0 aliphatic heterocycles. The Morgan fingerprint density at radius 2 is 1.86 bits per heavy atom. The lowest BCUT2D eigenvalue weighted by Crippen LogP contribution is -2.08. The van der Waals surface area contributed by atoms with Crippen molar-refractivity contribution in [3.8, 4) is 5.75 Å². The molecule has 0 saturated heterocycles. The van der Waals surface area contributed by atoms with E-state index in [-0.39, 0.29) is 0 Å². The van der Waals surface area contributed by atoms with Gasteiger partial charge in [-0.05, 0) is 76.2 Å². The van der Waals surface area contributed by atoms with E-state index in [4.69, 9.17) is 4.74 Å². The summed E-state index contributed by atoms with van der Waals surface area (Å²) < 4.78 is 6.84. The fourth-order valence-corrected chi connectivity index (χ4v) is 3.88. The van der Waals surface area contributed by atoms with Gasteiger partial charge in [0.25, 0.3) is 0 Å². The van der Waals surface area contributed by atoms with Crippen molar-refractivity contribution in [1.82, 2.24) is 0 Å². The molecule has 21 heavy (non-hydrogen) atoms. The first kappa shape index (κ1) is 15.1. The van der Waals surface area contributed by atoms with Crippen LogP contribution in [-0.2, 0) is 19.3 Å². The number of ether oxygens (including phenoxy) is 1. The highest BCUT2D eigenvalue weighted by Gasteiger charge is 2.12. The molecule has 1 nitrogen and oxygen atoms in total. The van der Waals surface area contributed by atoms with Gasteiger partial charge in [-0.2, -0.15) is 0 Å². The molecule has 0 bridgehead atoms. The SMILES string of the molecule is Brc1sccc1OCCCCCCc1ccc2c(c1)CC2. The summed E-state index contributed by atoms with van der Waals surface area (Å²) in [6.07, 6.45) is 8.80. The first-order valence-corrected chi connectivity index (χ1v) is 9.46. The van der Waals surface area contributed by atoms with Gasteiger partial charge in [-0.15, -0.1) is 11.3 Å². The molecule has 1 aromatic heterocycles. The van der Waals surface area contributed by atoms with Crippen molar-refractivity contribution in [2.45, 2.75) is 44.9 Å². The number of hydrogen-bond acceptors (Lipinski definition) is 2. The van der Waals surface area contributed by atoms with E-state index >= 15 is 0 Å². The van der Waals surface area contributed by atoms with Gasteiger partial charge in [0.15, 0.2) is 0 Å². The van der Waals surface area contributed by atoms with Crippen LogP contribution in [0.25, 0.3) is 0 Å². The molecule has 1 aliphatic carbocycles. The summed E-state index contributed by atoms with van der Waals surface area (Å²) in [6, 6.07) is 9.08. The highest BCUT2D eigenvalue weighted by atomic mass is 79.9. The molecule has 0 N–H and O–H groups in total. The minimum Gasteiger partial charge on any atom is -0.492 e. The molecule has 3 heteroatoms. The maximum atomic E-state index is 5.74. The summed E-state index contributed by atoms with van der Waals surface area (Å²) in [6.45, 7) is 0.828. The lowest BCUT2D eigenvalue weighted by atomic mass is 9.86. The number of aryl methyl sites for hydroxylation is 3. The summed E-state index contributed by atoms with van der Waals surface area (Å²) in [5.74, 6) is 0.988. The van der Waals surface area contributed by atoms with Gasteiger partial charge < -0.3 is 4.74 Å². The minimum atomic E-state index is 0.828. The number of hydrogen-bond donors (Lipinski definition) is 0. The molecule has 3 rings (SSSR count). The van der Waals surface area contributed by atoms with Crippen LogP contribution in [0.2, 0.25) is 0 Å². The second-order valence-corrected chi connectivity index (χ2v) is 7.91. The van der Waals surface area contributed by atoms with Gasteiger partial charge in [0, 0.05) is 0 Å². The van der Waals surface area contributed by atoms with Crippen LogP contribution >= 0.6 is 27.3 Å². The van der Waals surface area contributed by atoms with E-state index in [0.29, 0.717) is 0 Å². The first-order valence-electron chi connectivity index (χ1n) is 7.79. The summed E-state index contributed by atoms with van der Waals surface area (Å²) >= 11 is 5.17. The lowest BCUT2D eigenvalue weighted by molar-refractivity contribution is 0.304. The van der Waals surface area contributed by atoms with E-state index in [1.165, 1.54) is 44.1 Å². The zero-order chi connectivity index (χ0) is 14.5. The van der Waals surface area contributed by atoms with Gasteiger partial charge >= 0.3 is 0 Å². The van der Waals surface area contributed by atoms with Crippen molar-refractivity contribution >= 4 is 27.3 Å². The number of benzene rings is 1. The largest absolute Gasteiger partial charge is 0.492 e. The maximum absolute atomic E-state index is 5.74. The molecule has 0 amide bonds. The standard InChI is InChI=1S/C18H21BrOS/c19-18-17(10-12-21-18)20-11-4-2-1-3-5-14-6-7-15-8-9-16(15)13-14/h6-7,10,12-13H,1-5,8-9,11H2. The van der Waals surface area contributed by atoms with Crippen LogP contribution in [0.1, 0.15) is 42.4 Å². The van der Waals surface area contributed by atoms with Gasteiger partial charge in [0.1, 0.15) is 9.54 Å². The average Bonchev–Trinajstić information content (AvgIpc) is 2.86. The highest BCUT2D eigenvalue weighted by molar-refractivity contribution is 9.11. The Morgan fingerprint density at radius 3 is 2.57 bits per heavy atom. The predicted molar refractivity (Wildman–Crippen MR) is 93.5 cm³/mol. The fourth-order valence-electron chi connectivity index (χ4n) is 2.75. The number of thiophene rings is 1. The average molecular weight is 365 g/mol. The quantitative estimate of drug-likeness (QED) is 0.538. The van der Waals surface area contributed by atoms with E-state index in [1.54, 1.807) is 22.5 Å². The molecule has 1 heterocycles. The van der Waals surface area contributed by atoms with Gasteiger partial charge in [-0.3, -0.25) is 0 Å². The zero-order valence-corrected chi connectivity index (χ0v) is 14.6. The molecule has 0 saturated carbocycles. The first-order chi connectivity index (χ1) is 10.3. The Kier molecular flexibility index (Phi) is 5.37. The van der Waals surface area contributed by atoms with Crippen LogP contribution in [0.15, 0.2) is 33.4 Å². The van der Waals surface area contributed by atoms with Crippen LogP contribution in [0.3, 0.4) is 0 Å². The van der Waals surface area contributed by atoms with Crippen LogP contribution in [0.5, 0.6) is 5.75 Å². The Hall–Kier alpha value is -0.800. The summed E-state index contributed by atoms with van der Waals surface area (Å²) in [5.41, 5.74) is 4.67. The van der Waals surface area contributed by atoms with Crippen molar-refractivity contribution in [2.24, 2.45) is 0 Å². The minimum absolute atomic E-state index is 0.828. The van der Waals surface area contributed by atoms with E-state index < -0.39 is 0 Å². The van der Waals surface area contributed by atoms with E-state index in [9.17, 15) is 0 Å². The second kappa shape index (κ2) is 7.46. The van der Waals surface area contributed by atoms with Crippen LogP contribution in [-0.4, -0.2) is 6.61 Å². The van der Waals surface area contributed by atoms with Gasteiger partial charge in [-0.25, -0.2) is 0 Å². The third-order valence-corrected chi connectivity index (χ3v) is 5.77. The summed E-state index contributed by atoms with van der Waals surface area (Å²) in [5, 5.41) is 2.05. The van der Waals surface area contributed by atoms with Gasteiger partial charge in [0.05, 0.1) is 6.61 Å². The molecule has 1 aromatic carbocycles. The molecule has 2 aromatic rings. The number of unbranched alkanes of at least 4 members (excludes halogenated alkanes) is 3. The Bertz CT molecular complexity index is 591. The molecule has 1 aliphatic rings. The van der Waals surface area contributed by atoms with E-state index in [1.807, 2.05) is 11.4 Å². The third-order valence-electron chi connectivity index (χ3n) is 4.14. The Balaban J connectivity index is 1.27. The predicted octanol–water partition coefficient (Wildman–Crippen LogP) is 5.79. The van der Waals surface area contributed by atoms with Crippen LogP contribution in [0.4, 0.5) is 0 Å². The maximum Gasteiger partial charge on any atom is 0.144 e. The van der Waals surface area contributed by atoms with Gasteiger partial charge in [-0.1, -0.05) is 31.0 Å². The summed E-state index contributed by atoms with van der Waals surface area (Å²) in [4.78, 5) is 0. The lowest BCUT2D eigenvalue weighted by Gasteiger charge is -2.19. The molecular formula is C18H21BrOS. The highest BCUT2D eigenvalue weighted by Crippen LogP contribution is 2.30. The molecule has 0 fully saturated rings. The zero-order valence-electron chi connectivity index (χ0n) is 12.2. The van der Waals surface area contributed by atoms with Crippen molar-refractivity contribution in [1.29, 1.82) is 0 Å². The van der Waals surface area contributed by atoms with Crippen molar-refractivity contribution in [2.75, 3.05) is 6.61 Å². The molecule has 0 spiro atoms. The Morgan fingerprint density at radius 1 is 1.00 bits per heavy atom. The monoisotopic (exact) mass is 364 g/mol. The van der Waals surface area contributed by atoms with Crippen LogP contribution in [0, 0.1) is 0 Å². The molecule has 112 valence electrons.